The minimum atomic E-state index is -0.274. The Labute approximate surface area is 143 Å². The van der Waals surface area contributed by atoms with Gasteiger partial charge in [0.05, 0.1) is 6.54 Å². The molecule has 0 spiro atoms. The minimum absolute atomic E-state index is 0.274. The van der Waals surface area contributed by atoms with E-state index in [1.165, 1.54) is 12.1 Å². The fraction of sp³-hybridized carbons (Fsp3) is 0.188. The normalized spacial score (nSPS) is 10.1. The van der Waals surface area contributed by atoms with Gasteiger partial charge in [-0.05, 0) is 54.7 Å². The number of nitrogens with zero attached hydrogens (tertiary/aromatic N) is 1. The van der Waals surface area contributed by atoms with Crippen LogP contribution in [-0.4, -0.2) is 30.2 Å². The SMILES string of the molecule is CN(CCOc1ccc(F)cc1)C(=S)Nc1cccc(Br)c1. The first kappa shape index (κ1) is 16.7. The van der Waals surface area contributed by atoms with E-state index in [4.69, 9.17) is 17.0 Å². The van der Waals surface area contributed by atoms with Crippen LogP contribution in [0.15, 0.2) is 53.0 Å². The number of halogens is 2. The Balaban J connectivity index is 1.77. The highest BCUT2D eigenvalue weighted by molar-refractivity contribution is 9.10. The predicted molar refractivity (Wildman–Crippen MR) is 94.9 cm³/mol. The maximum Gasteiger partial charge on any atom is 0.173 e. The van der Waals surface area contributed by atoms with Gasteiger partial charge in [0, 0.05) is 17.2 Å². The van der Waals surface area contributed by atoms with Crippen molar-refractivity contribution in [3.8, 4) is 5.75 Å². The average Bonchev–Trinajstić information content (AvgIpc) is 2.49. The zero-order valence-electron chi connectivity index (χ0n) is 12.1. The molecule has 0 atom stereocenters. The van der Waals surface area contributed by atoms with Gasteiger partial charge in [-0.15, -0.1) is 0 Å². The second-order valence-corrected chi connectivity index (χ2v) is 5.97. The highest BCUT2D eigenvalue weighted by Crippen LogP contribution is 2.16. The number of hydrogen-bond donors (Lipinski definition) is 1. The van der Waals surface area contributed by atoms with Gasteiger partial charge in [0.2, 0.25) is 0 Å². The number of thiocarbonyl (C=S) groups is 1. The Morgan fingerprint density at radius 3 is 2.68 bits per heavy atom. The molecule has 0 saturated heterocycles. The smallest absolute Gasteiger partial charge is 0.173 e. The molecule has 0 aromatic heterocycles. The molecular weight excluding hydrogens is 367 g/mol. The second kappa shape index (κ2) is 8.10. The van der Waals surface area contributed by atoms with E-state index in [2.05, 4.69) is 21.2 Å². The molecule has 0 aliphatic rings. The van der Waals surface area contributed by atoms with Crippen LogP contribution in [0, 0.1) is 5.82 Å². The molecule has 0 heterocycles. The summed E-state index contributed by atoms with van der Waals surface area (Å²) < 4.78 is 19.3. The summed E-state index contributed by atoms with van der Waals surface area (Å²) in [5.74, 6) is 0.365. The van der Waals surface area contributed by atoms with Crippen LogP contribution in [-0.2, 0) is 0 Å². The number of anilines is 1. The van der Waals surface area contributed by atoms with Crippen molar-refractivity contribution in [2.75, 3.05) is 25.5 Å². The lowest BCUT2D eigenvalue weighted by Crippen LogP contribution is -2.34. The van der Waals surface area contributed by atoms with Crippen LogP contribution in [0.3, 0.4) is 0 Å². The van der Waals surface area contributed by atoms with Crippen molar-refractivity contribution < 1.29 is 9.13 Å². The molecule has 116 valence electrons. The Morgan fingerprint density at radius 2 is 2.00 bits per heavy atom. The Morgan fingerprint density at radius 1 is 1.27 bits per heavy atom. The van der Waals surface area contributed by atoms with E-state index in [9.17, 15) is 4.39 Å². The Bertz CT molecular complexity index is 636. The van der Waals surface area contributed by atoms with Gasteiger partial charge in [0.1, 0.15) is 18.2 Å². The van der Waals surface area contributed by atoms with E-state index in [-0.39, 0.29) is 5.82 Å². The minimum Gasteiger partial charge on any atom is -0.492 e. The first-order valence-corrected chi connectivity index (χ1v) is 7.91. The molecule has 2 aromatic carbocycles. The van der Waals surface area contributed by atoms with Crippen molar-refractivity contribution in [1.29, 1.82) is 0 Å². The van der Waals surface area contributed by atoms with Crippen LogP contribution in [0.1, 0.15) is 0 Å². The van der Waals surface area contributed by atoms with E-state index >= 15 is 0 Å². The summed E-state index contributed by atoms with van der Waals surface area (Å²) in [6.07, 6.45) is 0. The van der Waals surface area contributed by atoms with Crippen LogP contribution in [0.25, 0.3) is 0 Å². The summed E-state index contributed by atoms with van der Waals surface area (Å²) in [6.45, 7) is 1.08. The zero-order chi connectivity index (χ0) is 15.9. The number of benzene rings is 2. The first-order chi connectivity index (χ1) is 10.5. The monoisotopic (exact) mass is 382 g/mol. The van der Waals surface area contributed by atoms with Crippen LogP contribution >= 0.6 is 28.1 Å². The highest BCUT2D eigenvalue weighted by Gasteiger charge is 2.05. The molecule has 0 fully saturated rings. The summed E-state index contributed by atoms with van der Waals surface area (Å²) in [5.41, 5.74) is 0.922. The van der Waals surface area contributed by atoms with E-state index in [1.807, 2.05) is 36.2 Å². The molecule has 22 heavy (non-hydrogen) atoms. The van der Waals surface area contributed by atoms with Crippen LogP contribution < -0.4 is 10.1 Å². The Hall–Kier alpha value is -1.66. The van der Waals surface area contributed by atoms with Gasteiger partial charge in [-0.2, -0.15) is 0 Å². The van der Waals surface area contributed by atoms with Gasteiger partial charge in [-0.3, -0.25) is 0 Å². The van der Waals surface area contributed by atoms with Crippen molar-refractivity contribution in [3.05, 3.63) is 58.8 Å². The summed E-state index contributed by atoms with van der Waals surface area (Å²) in [7, 11) is 1.89. The van der Waals surface area contributed by atoms with Crippen LogP contribution in [0.4, 0.5) is 10.1 Å². The van der Waals surface area contributed by atoms with Crippen molar-refractivity contribution >= 4 is 38.9 Å². The quantitative estimate of drug-likeness (QED) is 0.779. The predicted octanol–water partition coefficient (Wildman–Crippen LogP) is 4.30. The third kappa shape index (κ3) is 5.27. The lowest BCUT2D eigenvalue weighted by Gasteiger charge is -2.21. The van der Waals surface area contributed by atoms with E-state index in [0.717, 1.165) is 10.2 Å². The van der Waals surface area contributed by atoms with Gasteiger partial charge >= 0.3 is 0 Å². The first-order valence-electron chi connectivity index (χ1n) is 6.70. The van der Waals surface area contributed by atoms with Crippen molar-refractivity contribution in [1.82, 2.24) is 4.90 Å². The number of rotatable bonds is 5. The summed E-state index contributed by atoms with van der Waals surface area (Å²) in [5, 5.41) is 3.77. The molecule has 0 bridgehead atoms. The number of likely N-dealkylation sites (N-methyl/N-ethyl adjacent to an activating group) is 1. The van der Waals surface area contributed by atoms with Crippen LogP contribution in [0.2, 0.25) is 0 Å². The summed E-state index contributed by atoms with van der Waals surface area (Å²) in [4.78, 5) is 1.89. The standard InChI is InChI=1S/C16H16BrFN2OS/c1-20(9-10-21-15-7-5-13(18)6-8-15)16(22)19-14-4-2-3-12(17)11-14/h2-8,11H,9-10H2,1H3,(H,19,22). The van der Waals surface area contributed by atoms with E-state index in [0.29, 0.717) is 24.0 Å². The summed E-state index contributed by atoms with van der Waals surface area (Å²) in [6, 6.07) is 13.7. The van der Waals surface area contributed by atoms with Gasteiger partial charge in [-0.1, -0.05) is 22.0 Å². The largest absolute Gasteiger partial charge is 0.492 e. The molecule has 0 aliphatic heterocycles. The highest BCUT2D eigenvalue weighted by atomic mass is 79.9. The molecule has 2 rings (SSSR count). The molecule has 0 amide bonds. The molecule has 0 unspecified atom stereocenters. The maximum absolute atomic E-state index is 12.8. The molecule has 0 aliphatic carbocycles. The second-order valence-electron chi connectivity index (χ2n) is 4.66. The lowest BCUT2D eigenvalue weighted by molar-refractivity contribution is 0.285. The summed E-state index contributed by atoms with van der Waals surface area (Å²) >= 11 is 8.76. The molecular formula is C16H16BrFN2OS. The fourth-order valence-electron chi connectivity index (χ4n) is 1.72. The molecule has 2 aromatic rings. The third-order valence-electron chi connectivity index (χ3n) is 2.93. The number of hydrogen-bond acceptors (Lipinski definition) is 2. The zero-order valence-corrected chi connectivity index (χ0v) is 14.5. The van der Waals surface area contributed by atoms with Gasteiger partial charge in [0.15, 0.2) is 5.11 Å². The third-order valence-corrected chi connectivity index (χ3v) is 3.84. The molecule has 6 heteroatoms. The van der Waals surface area contributed by atoms with Crippen molar-refractivity contribution in [2.24, 2.45) is 0 Å². The van der Waals surface area contributed by atoms with E-state index < -0.39 is 0 Å². The molecule has 3 nitrogen and oxygen atoms in total. The number of ether oxygens (including phenoxy) is 1. The van der Waals surface area contributed by atoms with Gasteiger partial charge < -0.3 is 15.0 Å². The molecule has 0 radical (unpaired) electrons. The Kier molecular flexibility index (Phi) is 6.15. The van der Waals surface area contributed by atoms with Crippen molar-refractivity contribution in [3.63, 3.8) is 0 Å². The maximum atomic E-state index is 12.8. The molecule has 0 saturated carbocycles. The topological polar surface area (TPSA) is 24.5 Å². The van der Waals surface area contributed by atoms with Crippen molar-refractivity contribution in [2.45, 2.75) is 0 Å². The van der Waals surface area contributed by atoms with Gasteiger partial charge in [-0.25, -0.2) is 4.39 Å². The lowest BCUT2D eigenvalue weighted by atomic mass is 10.3. The number of nitrogens with one attached hydrogen (secondary N) is 1. The average molecular weight is 383 g/mol. The van der Waals surface area contributed by atoms with E-state index in [1.54, 1.807) is 12.1 Å². The fourth-order valence-corrected chi connectivity index (χ4v) is 2.33. The molecule has 1 N–H and O–H groups in total. The van der Waals surface area contributed by atoms with Crippen LogP contribution in [0.5, 0.6) is 5.75 Å². The van der Waals surface area contributed by atoms with Gasteiger partial charge in [0.25, 0.3) is 0 Å².